The van der Waals surface area contributed by atoms with E-state index in [9.17, 15) is 14.7 Å². The molecule has 7 nitrogen and oxygen atoms in total. The maximum absolute atomic E-state index is 13.3. The molecule has 2 aromatic rings. The van der Waals surface area contributed by atoms with Gasteiger partial charge in [0, 0.05) is 18.3 Å². The Morgan fingerprint density at radius 1 is 1.23 bits per heavy atom. The number of thiazole rings is 1. The maximum atomic E-state index is 13.3. The number of aromatic nitrogens is 1. The topological polar surface area (TPSA) is 91.8 Å². The second kappa shape index (κ2) is 12.6. The van der Waals surface area contributed by atoms with Gasteiger partial charge in [0.15, 0.2) is 5.13 Å². The number of carboxylic acids is 1. The summed E-state index contributed by atoms with van der Waals surface area (Å²) in [5.41, 5.74) is 0.345. The number of aliphatic carboxylic acids is 1. The van der Waals surface area contributed by atoms with Crippen molar-refractivity contribution in [3.8, 4) is 5.75 Å². The zero-order chi connectivity index (χ0) is 25.4. The van der Waals surface area contributed by atoms with Crippen molar-refractivity contribution in [1.29, 1.82) is 0 Å². The fourth-order valence-electron chi connectivity index (χ4n) is 4.03. The lowest BCUT2D eigenvalue weighted by molar-refractivity contribution is -0.145. The number of ether oxygens (including phenoxy) is 1. The molecule has 192 valence electrons. The van der Waals surface area contributed by atoms with Crippen LogP contribution in [0.5, 0.6) is 5.75 Å². The molecule has 9 heteroatoms. The van der Waals surface area contributed by atoms with Crippen LogP contribution in [0.4, 0.5) is 9.93 Å². The van der Waals surface area contributed by atoms with Crippen molar-refractivity contribution in [3.05, 3.63) is 36.0 Å². The lowest BCUT2D eigenvalue weighted by Crippen LogP contribution is -2.45. The molecule has 0 atom stereocenters. The van der Waals surface area contributed by atoms with E-state index in [1.165, 1.54) is 28.7 Å². The van der Waals surface area contributed by atoms with Crippen LogP contribution in [-0.2, 0) is 11.2 Å². The van der Waals surface area contributed by atoms with Gasteiger partial charge in [0.1, 0.15) is 5.75 Å². The molecule has 2 N–H and O–H groups in total. The number of carbonyl (C=O) groups excluding carboxylic acids is 1. The van der Waals surface area contributed by atoms with E-state index < -0.39 is 11.4 Å². The highest BCUT2D eigenvalue weighted by Gasteiger charge is 2.29. The van der Waals surface area contributed by atoms with Gasteiger partial charge in [-0.05, 0) is 76.5 Å². The first-order chi connectivity index (χ1) is 16.7. The second-order valence-corrected chi connectivity index (χ2v) is 12.1. The minimum Gasteiger partial charge on any atom is -0.494 e. The highest BCUT2D eigenvalue weighted by atomic mass is 32.2. The van der Waals surface area contributed by atoms with Crippen LogP contribution in [0.25, 0.3) is 0 Å². The van der Waals surface area contributed by atoms with E-state index in [1.54, 1.807) is 20.0 Å². The van der Waals surface area contributed by atoms with Gasteiger partial charge in [-0.2, -0.15) is 0 Å². The molecule has 1 heterocycles. The predicted octanol–water partition coefficient (Wildman–Crippen LogP) is 6.40. The Labute approximate surface area is 216 Å². The molecule has 1 aliphatic rings. The van der Waals surface area contributed by atoms with Gasteiger partial charge in [-0.15, -0.1) is 11.8 Å². The number of rotatable bonds is 11. The first-order valence-electron chi connectivity index (χ1n) is 12.3. The van der Waals surface area contributed by atoms with Crippen LogP contribution in [0.1, 0.15) is 58.9 Å². The van der Waals surface area contributed by atoms with Crippen molar-refractivity contribution in [2.24, 2.45) is 11.3 Å². The molecule has 3 rings (SSSR count). The average molecular weight is 520 g/mol. The number of hydrogen-bond donors (Lipinski definition) is 2. The normalized spacial score (nSPS) is 18.2. The summed E-state index contributed by atoms with van der Waals surface area (Å²) >= 11 is 2.84. The SMILES string of the molecule is CCOc1ccc(CCN(C(=O)Nc2ncc(SCC(C)(C)C(=O)O)s2)C2CCC(C)CC2)cc1. The van der Waals surface area contributed by atoms with Gasteiger partial charge in [0.2, 0.25) is 0 Å². The quantitative estimate of drug-likeness (QED) is 0.334. The van der Waals surface area contributed by atoms with Gasteiger partial charge in [-0.3, -0.25) is 10.1 Å². The highest BCUT2D eigenvalue weighted by molar-refractivity contribution is 8.01. The molecule has 1 saturated carbocycles. The first kappa shape index (κ1) is 27.3. The highest BCUT2D eigenvalue weighted by Crippen LogP contribution is 2.34. The summed E-state index contributed by atoms with van der Waals surface area (Å²) in [4.78, 5) is 31.0. The third-order valence-electron chi connectivity index (χ3n) is 6.42. The Morgan fingerprint density at radius 3 is 2.54 bits per heavy atom. The Balaban J connectivity index is 1.63. The number of nitrogens with one attached hydrogen (secondary N) is 1. The minimum atomic E-state index is -0.826. The van der Waals surface area contributed by atoms with Crippen molar-refractivity contribution in [2.75, 3.05) is 24.2 Å². The summed E-state index contributed by atoms with van der Waals surface area (Å²) in [7, 11) is 0. The fourth-order valence-corrected chi connectivity index (χ4v) is 5.98. The van der Waals surface area contributed by atoms with E-state index in [-0.39, 0.29) is 12.1 Å². The largest absolute Gasteiger partial charge is 0.494 e. The number of amides is 2. The predicted molar refractivity (Wildman–Crippen MR) is 143 cm³/mol. The summed E-state index contributed by atoms with van der Waals surface area (Å²) in [5.74, 6) is 1.17. The molecule has 0 bridgehead atoms. The van der Waals surface area contributed by atoms with Gasteiger partial charge in [0.25, 0.3) is 0 Å². The summed E-state index contributed by atoms with van der Waals surface area (Å²) < 4.78 is 6.43. The minimum absolute atomic E-state index is 0.118. The molecule has 0 radical (unpaired) electrons. The Kier molecular flexibility index (Phi) is 9.86. The zero-order valence-electron chi connectivity index (χ0n) is 21.1. The number of urea groups is 1. The molecular formula is C26H37N3O4S2. The number of anilines is 1. The van der Waals surface area contributed by atoms with Gasteiger partial charge in [0.05, 0.1) is 22.4 Å². The van der Waals surface area contributed by atoms with Crippen LogP contribution in [-0.4, -0.2) is 51.9 Å². The third-order valence-corrected chi connectivity index (χ3v) is 8.98. The molecule has 1 fully saturated rings. The number of nitrogens with zero attached hydrogens (tertiary/aromatic N) is 2. The Hall–Kier alpha value is -2.26. The van der Waals surface area contributed by atoms with Crippen LogP contribution in [0.3, 0.4) is 0 Å². The van der Waals surface area contributed by atoms with E-state index in [4.69, 9.17) is 4.74 Å². The van der Waals surface area contributed by atoms with Gasteiger partial charge in [-0.1, -0.05) is 30.4 Å². The summed E-state index contributed by atoms with van der Waals surface area (Å²) in [5, 5.41) is 12.9. The average Bonchev–Trinajstić information content (AvgIpc) is 3.27. The van der Waals surface area contributed by atoms with Crippen LogP contribution in [0, 0.1) is 11.3 Å². The monoisotopic (exact) mass is 519 g/mol. The maximum Gasteiger partial charge on any atom is 0.323 e. The van der Waals surface area contributed by atoms with E-state index in [0.717, 1.165) is 42.1 Å². The van der Waals surface area contributed by atoms with Crippen LogP contribution in [0.2, 0.25) is 0 Å². The van der Waals surface area contributed by atoms with E-state index in [2.05, 4.69) is 29.4 Å². The van der Waals surface area contributed by atoms with Crippen molar-refractivity contribution < 1.29 is 19.4 Å². The van der Waals surface area contributed by atoms with E-state index in [0.29, 0.717) is 30.0 Å². The number of hydrogen-bond acceptors (Lipinski definition) is 6. The zero-order valence-corrected chi connectivity index (χ0v) is 22.7. The summed E-state index contributed by atoms with van der Waals surface area (Å²) in [6.45, 7) is 8.94. The molecule has 2 amide bonds. The lowest BCUT2D eigenvalue weighted by atomic mass is 9.86. The lowest BCUT2D eigenvalue weighted by Gasteiger charge is -2.36. The van der Waals surface area contributed by atoms with Crippen LogP contribution >= 0.6 is 23.1 Å². The van der Waals surface area contributed by atoms with E-state index >= 15 is 0 Å². The molecule has 0 saturated heterocycles. The number of carboxylic acid groups (broad SMARTS) is 1. The standard InChI is InChI=1S/C26H37N3O4S2/c1-5-33-21-12-8-19(9-13-21)14-15-29(20-10-6-18(2)7-11-20)25(32)28-24-27-16-22(35-24)34-17-26(3,4)23(30)31/h8-9,12-13,16,18,20H,5-7,10-11,14-15,17H2,1-4H3,(H,30,31)(H,27,28,32). The number of benzene rings is 1. The second-order valence-electron chi connectivity index (χ2n) is 9.83. The van der Waals surface area contributed by atoms with Crippen molar-refractivity contribution in [2.45, 2.75) is 70.1 Å². The Bertz CT molecular complexity index is 969. The Morgan fingerprint density at radius 2 is 1.91 bits per heavy atom. The van der Waals surface area contributed by atoms with Crippen molar-refractivity contribution in [1.82, 2.24) is 9.88 Å². The van der Waals surface area contributed by atoms with Gasteiger partial charge >= 0.3 is 12.0 Å². The first-order valence-corrected chi connectivity index (χ1v) is 14.1. The molecule has 1 aromatic carbocycles. The van der Waals surface area contributed by atoms with Gasteiger partial charge < -0.3 is 14.7 Å². The number of carbonyl (C=O) groups is 2. The van der Waals surface area contributed by atoms with Crippen molar-refractivity contribution in [3.63, 3.8) is 0 Å². The summed E-state index contributed by atoms with van der Waals surface area (Å²) in [6.07, 6.45) is 6.77. The van der Waals surface area contributed by atoms with Gasteiger partial charge in [-0.25, -0.2) is 9.78 Å². The van der Waals surface area contributed by atoms with E-state index in [1.807, 2.05) is 24.0 Å². The summed E-state index contributed by atoms with van der Waals surface area (Å²) in [6, 6.07) is 8.18. The van der Waals surface area contributed by atoms with Crippen LogP contribution in [0.15, 0.2) is 34.7 Å². The molecule has 0 aliphatic heterocycles. The smallest absolute Gasteiger partial charge is 0.323 e. The molecule has 1 aromatic heterocycles. The fraction of sp³-hybridized carbons (Fsp3) is 0.577. The molecular weight excluding hydrogens is 482 g/mol. The third kappa shape index (κ3) is 8.14. The van der Waals surface area contributed by atoms with Crippen molar-refractivity contribution >= 4 is 40.2 Å². The molecule has 1 aliphatic carbocycles. The molecule has 35 heavy (non-hydrogen) atoms. The number of thioether (sulfide) groups is 1. The molecule has 0 unspecified atom stereocenters. The molecule has 0 spiro atoms. The van der Waals surface area contributed by atoms with Crippen LogP contribution < -0.4 is 10.1 Å².